The minimum atomic E-state index is 0.152. The standard InChI is InChI=1S/C16H23ClN2O/c17-14-5-3-4-13(12-14)9-11-19-16(20)8-7-15-6-1-2-10-18-15/h3-5,12,15,18H,1-2,6-11H2,(H,19,20). The van der Waals surface area contributed by atoms with Crippen molar-refractivity contribution in [3.8, 4) is 0 Å². The van der Waals surface area contributed by atoms with Crippen LogP contribution < -0.4 is 10.6 Å². The molecule has 0 radical (unpaired) electrons. The Morgan fingerprint density at radius 3 is 3.05 bits per heavy atom. The summed E-state index contributed by atoms with van der Waals surface area (Å²) in [6.07, 6.45) is 6.15. The molecule has 1 aromatic rings. The maximum absolute atomic E-state index is 11.8. The highest BCUT2D eigenvalue weighted by Crippen LogP contribution is 2.12. The van der Waals surface area contributed by atoms with Gasteiger partial charge in [0.25, 0.3) is 0 Å². The number of piperidine rings is 1. The van der Waals surface area contributed by atoms with E-state index in [1.165, 1.54) is 19.3 Å². The molecule has 1 fully saturated rings. The van der Waals surface area contributed by atoms with E-state index in [-0.39, 0.29) is 5.91 Å². The van der Waals surface area contributed by atoms with Gasteiger partial charge in [0.1, 0.15) is 0 Å². The summed E-state index contributed by atoms with van der Waals surface area (Å²) in [5, 5.41) is 7.20. The van der Waals surface area contributed by atoms with Gasteiger partial charge in [0.05, 0.1) is 0 Å². The molecule has 20 heavy (non-hydrogen) atoms. The normalized spacial score (nSPS) is 18.8. The van der Waals surface area contributed by atoms with Crippen molar-refractivity contribution in [3.63, 3.8) is 0 Å². The molecule has 1 saturated heterocycles. The largest absolute Gasteiger partial charge is 0.356 e. The van der Waals surface area contributed by atoms with Gasteiger partial charge >= 0.3 is 0 Å². The predicted molar refractivity (Wildman–Crippen MR) is 83.0 cm³/mol. The smallest absolute Gasteiger partial charge is 0.220 e. The summed E-state index contributed by atoms with van der Waals surface area (Å²) < 4.78 is 0. The second-order valence-corrected chi connectivity index (χ2v) is 5.85. The van der Waals surface area contributed by atoms with Crippen LogP contribution in [0.1, 0.15) is 37.7 Å². The monoisotopic (exact) mass is 294 g/mol. The Labute approximate surface area is 126 Å². The zero-order valence-electron chi connectivity index (χ0n) is 11.8. The number of hydrogen-bond donors (Lipinski definition) is 2. The van der Waals surface area contributed by atoms with Gasteiger partial charge in [-0.2, -0.15) is 0 Å². The Morgan fingerprint density at radius 1 is 1.40 bits per heavy atom. The second kappa shape index (κ2) is 8.28. The fourth-order valence-electron chi connectivity index (χ4n) is 2.60. The lowest BCUT2D eigenvalue weighted by Crippen LogP contribution is -2.35. The maximum atomic E-state index is 11.8. The lowest BCUT2D eigenvalue weighted by molar-refractivity contribution is -0.121. The SMILES string of the molecule is O=C(CCC1CCCCN1)NCCc1cccc(Cl)c1. The van der Waals surface area contributed by atoms with Gasteiger partial charge in [-0.05, 0) is 49.9 Å². The quantitative estimate of drug-likeness (QED) is 0.847. The van der Waals surface area contributed by atoms with E-state index >= 15 is 0 Å². The van der Waals surface area contributed by atoms with Crippen molar-refractivity contribution in [1.29, 1.82) is 0 Å². The zero-order valence-corrected chi connectivity index (χ0v) is 12.6. The highest BCUT2D eigenvalue weighted by atomic mass is 35.5. The molecule has 3 nitrogen and oxygen atoms in total. The van der Waals surface area contributed by atoms with Gasteiger partial charge < -0.3 is 10.6 Å². The number of carbonyl (C=O) groups is 1. The van der Waals surface area contributed by atoms with Crippen molar-refractivity contribution < 1.29 is 4.79 Å². The lowest BCUT2D eigenvalue weighted by atomic mass is 10.0. The van der Waals surface area contributed by atoms with Gasteiger partial charge in [0.15, 0.2) is 0 Å². The highest BCUT2D eigenvalue weighted by Gasteiger charge is 2.13. The topological polar surface area (TPSA) is 41.1 Å². The van der Waals surface area contributed by atoms with E-state index in [0.29, 0.717) is 19.0 Å². The maximum Gasteiger partial charge on any atom is 0.220 e. The first-order valence-corrected chi connectivity index (χ1v) is 7.86. The van der Waals surface area contributed by atoms with Crippen LogP contribution in [0, 0.1) is 0 Å². The Hall–Kier alpha value is -1.06. The molecular formula is C16H23ClN2O. The van der Waals surface area contributed by atoms with E-state index in [9.17, 15) is 4.79 Å². The minimum Gasteiger partial charge on any atom is -0.356 e. The van der Waals surface area contributed by atoms with E-state index in [4.69, 9.17) is 11.6 Å². The number of nitrogens with one attached hydrogen (secondary N) is 2. The Balaban J connectivity index is 1.60. The van der Waals surface area contributed by atoms with Crippen molar-refractivity contribution in [2.24, 2.45) is 0 Å². The molecule has 1 atom stereocenters. The van der Waals surface area contributed by atoms with Crippen LogP contribution in [-0.4, -0.2) is 25.0 Å². The van der Waals surface area contributed by atoms with Gasteiger partial charge in [0, 0.05) is 24.0 Å². The summed E-state index contributed by atoms with van der Waals surface area (Å²) in [5.41, 5.74) is 1.16. The van der Waals surface area contributed by atoms with Gasteiger partial charge in [-0.1, -0.05) is 30.2 Å². The molecule has 0 aromatic heterocycles. The molecule has 1 aromatic carbocycles. The van der Waals surface area contributed by atoms with Crippen LogP contribution in [0.5, 0.6) is 0 Å². The summed E-state index contributed by atoms with van der Waals surface area (Å²) in [6, 6.07) is 8.31. The molecule has 1 aliphatic rings. The fraction of sp³-hybridized carbons (Fsp3) is 0.562. The molecular weight excluding hydrogens is 272 g/mol. The van der Waals surface area contributed by atoms with Crippen molar-refractivity contribution in [1.82, 2.24) is 10.6 Å². The number of rotatable bonds is 6. The third-order valence-electron chi connectivity index (χ3n) is 3.76. The van der Waals surface area contributed by atoms with Crippen LogP contribution in [0.3, 0.4) is 0 Å². The number of benzene rings is 1. The molecule has 110 valence electrons. The summed E-state index contributed by atoms with van der Waals surface area (Å²) in [6.45, 7) is 1.78. The number of carbonyl (C=O) groups excluding carboxylic acids is 1. The van der Waals surface area contributed by atoms with E-state index in [0.717, 1.165) is 30.0 Å². The van der Waals surface area contributed by atoms with Crippen molar-refractivity contribution in [3.05, 3.63) is 34.9 Å². The van der Waals surface area contributed by atoms with Crippen LogP contribution in [0.2, 0.25) is 5.02 Å². The van der Waals surface area contributed by atoms with Crippen LogP contribution >= 0.6 is 11.6 Å². The third kappa shape index (κ3) is 5.51. The van der Waals surface area contributed by atoms with Crippen LogP contribution in [0.4, 0.5) is 0 Å². The van der Waals surface area contributed by atoms with Gasteiger partial charge in [0.2, 0.25) is 5.91 Å². The van der Waals surface area contributed by atoms with E-state index in [1.54, 1.807) is 0 Å². The number of hydrogen-bond acceptors (Lipinski definition) is 2. The molecule has 0 spiro atoms. The molecule has 0 saturated carbocycles. The molecule has 2 N–H and O–H groups in total. The van der Waals surface area contributed by atoms with E-state index in [2.05, 4.69) is 10.6 Å². The second-order valence-electron chi connectivity index (χ2n) is 5.42. The highest BCUT2D eigenvalue weighted by molar-refractivity contribution is 6.30. The van der Waals surface area contributed by atoms with Crippen molar-refractivity contribution >= 4 is 17.5 Å². The number of halogens is 1. The molecule has 4 heteroatoms. The van der Waals surface area contributed by atoms with Gasteiger partial charge in [-0.25, -0.2) is 0 Å². The first-order valence-electron chi connectivity index (χ1n) is 7.48. The molecule has 1 aliphatic heterocycles. The van der Waals surface area contributed by atoms with Crippen molar-refractivity contribution in [2.45, 2.75) is 44.6 Å². The van der Waals surface area contributed by atoms with Gasteiger partial charge in [-0.3, -0.25) is 4.79 Å². The van der Waals surface area contributed by atoms with Crippen LogP contribution in [0.15, 0.2) is 24.3 Å². The molecule has 1 heterocycles. The van der Waals surface area contributed by atoms with E-state index < -0.39 is 0 Å². The molecule has 0 aliphatic carbocycles. The summed E-state index contributed by atoms with van der Waals surface area (Å²) >= 11 is 5.93. The summed E-state index contributed by atoms with van der Waals surface area (Å²) in [4.78, 5) is 11.8. The van der Waals surface area contributed by atoms with Gasteiger partial charge in [-0.15, -0.1) is 0 Å². The zero-order chi connectivity index (χ0) is 14.2. The summed E-state index contributed by atoms with van der Waals surface area (Å²) in [7, 11) is 0. The summed E-state index contributed by atoms with van der Waals surface area (Å²) in [5.74, 6) is 0.152. The molecule has 1 unspecified atom stereocenters. The third-order valence-corrected chi connectivity index (χ3v) is 3.99. The van der Waals surface area contributed by atoms with Crippen LogP contribution in [0.25, 0.3) is 0 Å². The molecule has 0 bridgehead atoms. The Morgan fingerprint density at radius 2 is 2.30 bits per heavy atom. The average molecular weight is 295 g/mol. The minimum absolute atomic E-state index is 0.152. The predicted octanol–water partition coefficient (Wildman–Crippen LogP) is 2.92. The lowest BCUT2D eigenvalue weighted by Gasteiger charge is -2.23. The van der Waals surface area contributed by atoms with E-state index in [1.807, 2.05) is 24.3 Å². The Bertz CT molecular complexity index is 430. The van der Waals surface area contributed by atoms with Crippen molar-refractivity contribution in [2.75, 3.05) is 13.1 Å². The molecule has 2 rings (SSSR count). The molecule has 1 amide bonds. The fourth-order valence-corrected chi connectivity index (χ4v) is 2.82. The first kappa shape index (κ1) is 15.3. The average Bonchev–Trinajstić information content (AvgIpc) is 2.46. The number of amides is 1. The Kier molecular flexibility index (Phi) is 6.34. The van der Waals surface area contributed by atoms with Crippen LogP contribution in [-0.2, 0) is 11.2 Å². The first-order chi connectivity index (χ1) is 9.74.